The normalized spacial score (nSPS) is 22.0. The fourth-order valence-corrected chi connectivity index (χ4v) is 2.46. The van der Waals surface area contributed by atoms with Crippen LogP contribution in [-0.4, -0.2) is 82.5 Å². The minimum Gasteiger partial charge on any atom is -0.481 e. The number of rotatable bonds is 5. The molecule has 0 aromatic heterocycles. The Balaban J connectivity index is 0.000000418. The third kappa shape index (κ3) is 14.4. The first kappa shape index (κ1) is 25.3. The molecule has 160 valence electrons. The highest BCUT2D eigenvalue weighted by molar-refractivity contribution is 5.89. The van der Waals surface area contributed by atoms with Crippen LogP contribution in [0.15, 0.2) is 12.2 Å². The lowest BCUT2D eigenvalue weighted by molar-refractivity contribution is -0.769. The molecular formula is C16H27N3O9. The summed E-state index contributed by atoms with van der Waals surface area (Å²) in [5.41, 5.74) is 0. The van der Waals surface area contributed by atoms with E-state index in [1.807, 2.05) is 0 Å². The molecule has 0 amide bonds. The van der Waals surface area contributed by atoms with Gasteiger partial charge in [-0.1, -0.05) is 0 Å². The number of nitrogens with zero attached hydrogens (tertiary/aromatic N) is 2. The van der Waals surface area contributed by atoms with Crippen molar-refractivity contribution in [2.45, 2.75) is 31.8 Å². The Bertz CT molecular complexity index is 523. The van der Waals surface area contributed by atoms with E-state index >= 15 is 0 Å². The van der Waals surface area contributed by atoms with Gasteiger partial charge in [0.2, 0.25) is 0 Å². The summed E-state index contributed by atoms with van der Waals surface area (Å²) in [5.74, 6) is -3.69. The first-order valence-electron chi connectivity index (χ1n) is 8.69. The SMILES string of the molecule is CN1CCNCC1.O=C(O)C1CCC(O[N+](=O)[O-])CC1.O=C(O)C=CC(=O)O. The molecule has 1 aliphatic heterocycles. The lowest BCUT2D eigenvalue weighted by atomic mass is 9.88. The summed E-state index contributed by atoms with van der Waals surface area (Å²) in [7, 11) is 2.15. The van der Waals surface area contributed by atoms with Crippen LogP contribution in [0.4, 0.5) is 0 Å². The van der Waals surface area contributed by atoms with Crippen LogP contribution >= 0.6 is 0 Å². The number of carboxylic acid groups (broad SMARTS) is 3. The molecule has 1 aliphatic carbocycles. The molecule has 12 heteroatoms. The van der Waals surface area contributed by atoms with Gasteiger partial charge in [0.1, 0.15) is 6.10 Å². The molecule has 0 unspecified atom stereocenters. The number of hydrogen-bond acceptors (Lipinski definition) is 8. The zero-order chi connectivity index (χ0) is 21.5. The van der Waals surface area contributed by atoms with Crippen molar-refractivity contribution < 1.29 is 39.6 Å². The van der Waals surface area contributed by atoms with Crippen LogP contribution in [0.2, 0.25) is 0 Å². The first-order valence-corrected chi connectivity index (χ1v) is 8.69. The van der Waals surface area contributed by atoms with Crippen LogP contribution in [0.5, 0.6) is 0 Å². The van der Waals surface area contributed by atoms with E-state index in [9.17, 15) is 24.5 Å². The molecule has 2 fully saturated rings. The van der Waals surface area contributed by atoms with Crippen molar-refractivity contribution in [3.05, 3.63) is 22.3 Å². The largest absolute Gasteiger partial charge is 0.481 e. The molecule has 1 saturated heterocycles. The van der Waals surface area contributed by atoms with Crippen LogP contribution < -0.4 is 5.32 Å². The van der Waals surface area contributed by atoms with Crippen LogP contribution in [0.1, 0.15) is 25.7 Å². The predicted octanol–water partition coefficient (Wildman–Crippen LogP) is 0.0713. The van der Waals surface area contributed by atoms with Gasteiger partial charge in [0.05, 0.1) is 5.92 Å². The zero-order valence-corrected chi connectivity index (χ0v) is 15.7. The third-order valence-electron chi connectivity index (χ3n) is 3.97. The van der Waals surface area contributed by atoms with Crippen molar-refractivity contribution in [3.8, 4) is 0 Å². The van der Waals surface area contributed by atoms with E-state index in [1.165, 1.54) is 13.1 Å². The molecule has 2 rings (SSSR count). The highest BCUT2D eigenvalue weighted by Crippen LogP contribution is 2.26. The molecule has 0 aromatic rings. The number of nitrogens with one attached hydrogen (secondary N) is 1. The predicted molar refractivity (Wildman–Crippen MR) is 96.2 cm³/mol. The highest BCUT2D eigenvalue weighted by atomic mass is 17.0. The second kappa shape index (κ2) is 14.3. The fourth-order valence-electron chi connectivity index (χ4n) is 2.46. The summed E-state index contributed by atoms with van der Waals surface area (Å²) in [6.07, 6.45) is 2.55. The molecule has 4 N–H and O–H groups in total. The van der Waals surface area contributed by atoms with E-state index in [4.69, 9.17) is 15.3 Å². The molecule has 0 radical (unpaired) electrons. The lowest BCUT2D eigenvalue weighted by Gasteiger charge is -2.23. The van der Waals surface area contributed by atoms with Crippen LogP contribution in [0, 0.1) is 16.0 Å². The number of hydrogen-bond donors (Lipinski definition) is 4. The summed E-state index contributed by atoms with van der Waals surface area (Å²) < 4.78 is 0. The quantitative estimate of drug-likeness (QED) is 0.276. The average Bonchev–Trinajstić information content (AvgIpc) is 2.62. The van der Waals surface area contributed by atoms with Gasteiger partial charge in [-0.25, -0.2) is 9.59 Å². The number of piperazine rings is 1. The van der Waals surface area contributed by atoms with E-state index in [1.54, 1.807) is 0 Å². The Morgan fingerprint density at radius 1 is 1.04 bits per heavy atom. The van der Waals surface area contributed by atoms with Crippen LogP contribution in [0.25, 0.3) is 0 Å². The van der Waals surface area contributed by atoms with Gasteiger partial charge >= 0.3 is 17.9 Å². The average molecular weight is 405 g/mol. The molecule has 0 aromatic carbocycles. The van der Waals surface area contributed by atoms with E-state index < -0.39 is 29.1 Å². The van der Waals surface area contributed by atoms with Gasteiger partial charge in [-0.15, -0.1) is 10.1 Å². The van der Waals surface area contributed by atoms with Gasteiger partial charge < -0.3 is 30.4 Å². The molecule has 28 heavy (non-hydrogen) atoms. The van der Waals surface area contributed by atoms with Gasteiger partial charge in [-0.3, -0.25) is 4.79 Å². The molecule has 1 saturated carbocycles. The van der Waals surface area contributed by atoms with E-state index in [0.29, 0.717) is 37.8 Å². The topological polar surface area (TPSA) is 180 Å². The van der Waals surface area contributed by atoms with Crippen molar-refractivity contribution in [1.29, 1.82) is 0 Å². The van der Waals surface area contributed by atoms with Crippen LogP contribution in [0.3, 0.4) is 0 Å². The molecule has 0 atom stereocenters. The lowest BCUT2D eigenvalue weighted by Crippen LogP contribution is -2.40. The zero-order valence-electron chi connectivity index (χ0n) is 15.7. The summed E-state index contributed by atoms with van der Waals surface area (Å²) in [6.45, 7) is 4.74. The smallest absolute Gasteiger partial charge is 0.328 e. The van der Waals surface area contributed by atoms with E-state index in [2.05, 4.69) is 22.1 Å². The minimum atomic E-state index is -1.26. The Morgan fingerprint density at radius 3 is 1.79 bits per heavy atom. The van der Waals surface area contributed by atoms with Gasteiger partial charge in [-0.05, 0) is 32.7 Å². The van der Waals surface area contributed by atoms with E-state index in [-0.39, 0.29) is 5.92 Å². The summed E-state index contributed by atoms with van der Waals surface area (Å²) in [6, 6.07) is 0. The molecule has 1 heterocycles. The van der Waals surface area contributed by atoms with Gasteiger partial charge in [0.15, 0.2) is 0 Å². The standard InChI is InChI=1S/C7H11NO5.C5H12N2.C4H4O4/c9-7(10)5-1-3-6(4-2-5)13-8(11)12;1-7-4-2-6-3-5-7;5-3(6)1-2-4(7)8/h5-6H,1-4H2,(H,9,10);6H,2-5H2,1H3;1-2H,(H,5,6)(H,7,8). The Kier molecular flexibility index (Phi) is 12.9. The maximum Gasteiger partial charge on any atom is 0.328 e. The third-order valence-corrected chi connectivity index (χ3v) is 3.97. The monoisotopic (exact) mass is 405 g/mol. The number of aliphatic carboxylic acids is 3. The van der Waals surface area contributed by atoms with Crippen molar-refractivity contribution in [2.75, 3.05) is 33.2 Å². The first-order chi connectivity index (χ1) is 13.1. The number of carboxylic acids is 3. The highest BCUT2D eigenvalue weighted by Gasteiger charge is 2.27. The molecular weight excluding hydrogens is 378 g/mol. The Morgan fingerprint density at radius 2 is 1.50 bits per heavy atom. The van der Waals surface area contributed by atoms with Gasteiger partial charge in [0, 0.05) is 38.3 Å². The molecule has 0 bridgehead atoms. The fraction of sp³-hybridized carbons (Fsp3) is 0.688. The number of carbonyl (C=O) groups is 3. The second-order valence-electron chi connectivity index (χ2n) is 6.20. The van der Waals surface area contributed by atoms with Crippen molar-refractivity contribution >= 4 is 17.9 Å². The summed E-state index contributed by atoms with van der Waals surface area (Å²) in [4.78, 5) is 46.2. The van der Waals surface area contributed by atoms with E-state index in [0.717, 1.165) is 13.1 Å². The molecule has 12 nitrogen and oxygen atoms in total. The van der Waals surface area contributed by atoms with Crippen molar-refractivity contribution in [3.63, 3.8) is 0 Å². The van der Waals surface area contributed by atoms with Gasteiger partial charge in [-0.2, -0.15) is 0 Å². The maximum absolute atomic E-state index is 10.5. The summed E-state index contributed by atoms with van der Waals surface area (Å²) in [5, 5.41) is 36.7. The minimum absolute atomic E-state index is 0.355. The molecule has 0 spiro atoms. The van der Waals surface area contributed by atoms with Crippen molar-refractivity contribution in [1.82, 2.24) is 10.2 Å². The Hall–Kier alpha value is -2.73. The number of likely N-dealkylation sites (N-methyl/N-ethyl adjacent to an activating group) is 1. The van der Waals surface area contributed by atoms with Crippen LogP contribution in [-0.2, 0) is 19.2 Å². The van der Waals surface area contributed by atoms with Gasteiger partial charge in [0.25, 0.3) is 5.09 Å². The second-order valence-corrected chi connectivity index (χ2v) is 6.20. The van der Waals surface area contributed by atoms with Crippen molar-refractivity contribution in [2.24, 2.45) is 5.92 Å². The summed E-state index contributed by atoms with van der Waals surface area (Å²) >= 11 is 0. The Labute approximate surface area is 161 Å². The maximum atomic E-state index is 10.5. The molecule has 2 aliphatic rings.